The predicted octanol–water partition coefficient (Wildman–Crippen LogP) is 6.68. The molecule has 6 rings (SSSR count). The molecule has 5 aliphatic carbocycles. The SMILES string of the molecule is CC(=O)N1CCN(C(=O)[C@@]23CCC4C(CCC5C4(C)CCC4C(C)(C)C(OC(=O)CC(C)(C)C(=O)O)CCC45C)C2=C(C(C)C)C(=O)C3)CC1. The van der Waals surface area contributed by atoms with Gasteiger partial charge in [0.15, 0.2) is 5.78 Å². The molecule has 9 heteroatoms. The van der Waals surface area contributed by atoms with Crippen molar-refractivity contribution in [2.24, 2.45) is 56.7 Å². The standard InChI is InChI=1S/C41H62N2O7/c1-24(2)33-28(45)22-41(35(47)43-20-18-42(19-21-43)25(3)44)17-12-27-26(34(33)41)10-11-30-39(27,8)15-13-29-38(6,7)31(14-16-40(29,30)9)50-32(46)23-37(4,5)36(48)49/h24,26-27,29-31H,10-23H2,1-9H3,(H,48,49)/t26?,27?,29?,30?,31?,39?,40?,41-/m1/s1. The molecular formula is C41H62N2O7. The van der Waals surface area contributed by atoms with Gasteiger partial charge in [-0.05, 0) is 117 Å². The summed E-state index contributed by atoms with van der Waals surface area (Å²) in [7, 11) is 0. The molecule has 7 unspecified atom stereocenters. The van der Waals surface area contributed by atoms with E-state index >= 15 is 0 Å². The number of hydrogen-bond acceptors (Lipinski definition) is 6. The third-order valence-corrected chi connectivity index (χ3v) is 15.4. The molecule has 6 aliphatic rings. The number of carboxylic acids is 1. The topological polar surface area (TPSA) is 121 Å². The maximum absolute atomic E-state index is 14.7. The second kappa shape index (κ2) is 12.5. The van der Waals surface area contributed by atoms with Crippen molar-refractivity contribution in [1.82, 2.24) is 9.80 Å². The highest BCUT2D eigenvalue weighted by atomic mass is 16.5. The van der Waals surface area contributed by atoms with Gasteiger partial charge in [-0.1, -0.05) is 41.5 Å². The smallest absolute Gasteiger partial charge is 0.309 e. The number of ketones is 1. The number of esters is 1. The molecule has 0 bridgehead atoms. The lowest BCUT2D eigenvalue weighted by Gasteiger charge is -2.68. The van der Waals surface area contributed by atoms with Gasteiger partial charge in [0.25, 0.3) is 0 Å². The summed E-state index contributed by atoms with van der Waals surface area (Å²) in [6.45, 7) is 20.6. The monoisotopic (exact) mass is 694 g/mol. The Hall–Kier alpha value is -2.71. The highest BCUT2D eigenvalue weighted by Gasteiger charge is 2.68. The van der Waals surface area contributed by atoms with Crippen LogP contribution in [-0.2, 0) is 28.7 Å². The third kappa shape index (κ3) is 5.57. The molecule has 0 radical (unpaired) electrons. The fourth-order valence-electron chi connectivity index (χ4n) is 12.9. The molecule has 1 heterocycles. The van der Waals surface area contributed by atoms with Crippen molar-refractivity contribution >= 4 is 29.5 Å². The number of hydrogen-bond donors (Lipinski definition) is 1. The Labute approximate surface area is 299 Å². The van der Waals surface area contributed by atoms with Crippen LogP contribution >= 0.6 is 0 Å². The minimum Gasteiger partial charge on any atom is -0.481 e. The molecule has 278 valence electrons. The van der Waals surface area contributed by atoms with E-state index in [1.165, 1.54) is 5.57 Å². The molecule has 4 saturated carbocycles. The number of rotatable bonds is 6. The Morgan fingerprint density at radius 2 is 1.48 bits per heavy atom. The number of aliphatic carboxylic acids is 1. The minimum absolute atomic E-state index is 0.0422. The van der Waals surface area contributed by atoms with Gasteiger partial charge in [0.05, 0.1) is 17.3 Å². The normalized spacial score (nSPS) is 38.2. The van der Waals surface area contributed by atoms with Crippen LogP contribution in [0.1, 0.15) is 127 Å². The van der Waals surface area contributed by atoms with E-state index in [1.54, 1.807) is 20.8 Å². The summed E-state index contributed by atoms with van der Waals surface area (Å²) >= 11 is 0. The first-order chi connectivity index (χ1) is 23.2. The van der Waals surface area contributed by atoms with Gasteiger partial charge in [-0.2, -0.15) is 0 Å². The lowest BCUT2D eigenvalue weighted by atomic mass is 9.36. The average Bonchev–Trinajstić information content (AvgIpc) is 3.35. The zero-order valence-electron chi connectivity index (χ0n) is 32.2. The van der Waals surface area contributed by atoms with Crippen LogP contribution in [0.2, 0.25) is 0 Å². The molecule has 0 aromatic rings. The second-order valence-electron chi connectivity index (χ2n) is 19.2. The summed E-state index contributed by atoms with van der Waals surface area (Å²) in [6, 6.07) is 0. The Morgan fingerprint density at radius 1 is 0.860 bits per heavy atom. The van der Waals surface area contributed by atoms with Crippen LogP contribution in [0.15, 0.2) is 11.1 Å². The van der Waals surface area contributed by atoms with Crippen molar-refractivity contribution in [2.75, 3.05) is 26.2 Å². The number of carboxylic acid groups (broad SMARTS) is 1. The Kier molecular flexibility index (Phi) is 9.24. The quantitative estimate of drug-likeness (QED) is 0.308. The zero-order chi connectivity index (χ0) is 36.8. The van der Waals surface area contributed by atoms with E-state index in [1.807, 2.05) is 9.80 Å². The van der Waals surface area contributed by atoms with Crippen LogP contribution in [0.5, 0.6) is 0 Å². The van der Waals surface area contributed by atoms with Gasteiger partial charge < -0.3 is 19.6 Å². The number of carbonyl (C=O) groups is 5. The maximum Gasteiger partial charge on any atom is 0.309 e. The number of Topliss-reactive ketones (excluding diaryl/α,β-unsaturated/α-hetero) is 1. The summed E-state index contributed by atoms with van der Waals surface area (Å²) in [5.74, 6) is 0.432. The van der Waals surface area contributed by atoms with Crippen molar-refractivity contribution in [3.63, 3.8) is 0 Å². The number of nitrogens with zero attached hydrogens (tertiary/aromatic N) is 2. The van der Waals surface area contributed by atoms with Gasteiger partial charge >= 0.3 is 11.9 Å². The van der Waals surface area contributed by atoms with E-state index < -0.39 is 22.8 Å². The van der Waals surface area contributed by atoms with Gasteiger partial charge in [0.1, 0.15) is 6.10 Å². The van der Waals surface area contributed by atoms with Crippen molar-refractivity contribution in [2.45, 2.75) is 133 Å². The van der Waals surface area contributed by atoms with Crippen LogP contribution in [0, 0.1) is 56.7 Å². The number of allylic oxidation sites excluding steroid dienone is 1. The summed E-state index contributed by atoms with van der Waals surface area (Å²) < 4.78 is 6.13. The molecule has 0 aromatic heterocycles. The number of fused-ring (bicyclic) bond motifs is 7. The summed E-state index contributed by atoms with van der Waals surface area (Å²) in [5.41, 5.74) is 0.0672. The summed E-state index contributed by atoms with van der Waals surface area (Å²) in [6.07, 6.45) is 7.45. The van der Waals surface area contributed by atoms with Crippen LogP contribution in [0.4, 0.5) is 0 Å². The van der Waals surface area contributed by atoms with Gasteiger partial charge in [0.2, 0.25) is 11.8 Å². The van der Waals surface area contributed by atoms with E-state index in [-0.39, 0.29) is 58.2 Å². The van der Waals surface area contributed by atoms with E-state index in [4.69, 9.17) is 4.74 Å². The first kappa shape index (κ1) is 37.1. The second-order valence-corrected chi connectivity index (χ2v) is 19.2. The zero-order valence-corrected chi connectivity index (χ0v) is 32.2. The average molecular weight is 695 g/mol. The highest BCUT2D eigenvalue weighted by Crippen LogP contribution is 2.73. The molecule has 1 N–H and O–H groups in total. The molecule has 8 atom stereocenters. The van der Waals surface area contributed by atoms with Gasteiger partial charge in [-0.25, -0.2) is 0 Å². The number of piperazine rings is 1. The van der Waals surface area contributed by atoms with Crippen molar-refractivity contribution in [1.29, 1.82) is 0 Å². The molecular weight excluding hydrogens is 632 g/mol. The van der Waals surface area contributed by atoms with E-state index in [9.17, 15) is 29.1 Å². The molecule has 0 spiro atoms. The van der Waals surface area contributed by atoms with E-state index in [0.29, 0.717) is 50.4 Å². The van der Waals surface area contributed by atoms with Crippen LogP contribution < -0.4 is 0 Å². The Morgan fingerprint density at radius 3 is 2.08 bits per heavy atom. The molecule has 5 fully saturated rings. The first-order valence-electron chi connectivity index (χ1n) is 19.5. The fourth-order valence-corrected chi connectivity index (χ4v) is 12.9. The van der Waals surface area contributed by atoms with Crippen molar-refractivity contribution in [3.05, 3.63) is 11.1 Å². The maximum atomic E-state index is 14.7. The number of ether oxygens (including phenoxy) is 1. The summed E-state index contributed by atoms with van der Waals surface area (Å²) in [5, 5.41) is 9.58. The number of carbonyl (C=O) groups excluding carboxylic acids is 4. The third-order valence-electron chi connectivity index (χ3n) is 15.4. The lowest BCUT2D eigenvalue weighted by Crippen LogP contribution is -2.63. The van der Waals surface area contributed by atoms with Crippen molar-refractivity contribution < 1.29 is 33.8 Å². The van der Waals surface area contributed by atoms with Crippen LogP contribution in [0.3, 0.4) is 0 Å². The largest absolute Gasteiger partial charge is 0.481 e. The van der Waals surface area contributed by atoms with Gasteiger partial charge in [-0.15, -0.1) is 0 Å². The Balaban J connectivity index is 1.26. The predicted molar refractivity (Wildman–Crippen MR) is 190 cm³/mol. The fraction of sp³-hybridized carbons (Fsp3) is 0.829. The number of amides is 2. The van der Waals surface area contributed by atoms with E-state index in [2.05, 4.69) is 41.5 Å². The van der Waals surface area contributed by atoms with Crippen molar-refractivity contribution in [3.8, 4) is 0 Å². The molecule has 1 aliphatic heterocycles. The molecule has 9 nitrogen and oxygen atoms in total. The lowest BCUT2D eigenvalue weighted by molar-refractivity contribution is -0.214. The van der Waals surface area contributed by atoms with Gasteiger partial charge in [0, 0.05) is 44.9 Å². The highest BCUT2D eigenvalue weighted by molar-refractivity contribution is 6.07. The molecule has 1 saturated heterocycles. The van der Waals surface area contributed by atoms with Crippen LogP contribution in [0.25, 0.3) is 0 Å². The van der Waals surface area contributed by atoms with Gasteiger partial charge in [-0.3, -0.25) is 24.0 Å². The van der Waals surface area contributed by atoms with Crippen LogP contribution in [-0.4, -0.2) is 76.7 Å². The van der Waals surface area contributed by atoms with E-state index in [0.717, 1.165) is 56.9 Å². The molecule has 50 heavy (non-hydrogen) atoms. The first-order valence-corrected chi connectivity index (χ1v) is 19.5. The minimum atomic E-state index is -1.17. The molecule has 2 amide bonds. The molecule has 0 aromatic carbocycles. The Bertz CT molecular complexity index is 1490. The summed E-state index contributed by atoms with van der Waals surface area (Å²) in [4.78, 5) is 69.1.